The van der Waals surface area contributed by atoms with Crippen molar-refractivity contribution in [2.24, 2.45) is 5.73 Å². The third kappa shape index (κ3) is 3.43. The summed E-state index contributed by atoms with van der Waals surface area (Å²) in [5, 5.41) is 2.87. The van der Waals surface area contributed by atoms with Crippen molar-refractivity contribution in [2.75, 3.05) is 33.4 Å². The van der Waals surface area contributed by atoms with Crippen molar-refractivity contribution in [2.45, 2.75) is 31.8 Å². The van der Waals surface area contributed by atoms with Gasteiger partial charge in [-0.25, -0.2) is 0 Å². The number of amides is 1. The molecule has 0 aliphatic carbocycles. The smallest absolute Gasteiger partial charge is 0.237 e. The van der Waals surface area contributed by atoms with E-state index in [-0.39, 0.29) is 11.9 Å². The summed E-state index contributed by atoms with van der Waals surface area (Å²) in [7, 11) is 1.70. The Balaban J connectivity index is 2.56. The number of nitrogens with zero attached hydrogens (tertiary/aromatic N) is 1. The van der Waals surface area contributed by atoms with Gasteiger partial charge in [0.25, 0.3) is 0 Å². The van der Waals surface area contributed by atoms with E-state index in [4.69, 9.17) is 10.5 Å². The molecule has 2 atom stereocenters. The number of carbonyl (C=O) groups is 1. The number of piperazine rings is 1. The van der Waals surface area contributed by atoms with E-state index in [2.05, 4.69) is 10.2 Å². The highest BCUT2D eigenvalue weighted by molar-refractivity contribution is 5.82. The molecule has 16 heavy (non-hydrogen) atoms. The van der Waals surface area contributed by atoms with E-state index in [9.17, 15) is 4.79 Å². The van der Waals surface area contributed by atoms with Crippen LogP contribution in [0.25, 0.3) is 0 Å². The van der Waals surface area contributed by atoms with Crippen LogP contribution in [0.15, 0.2) is 0 Å². The minimum Gasteiger partial charge on any atom is -0.383 e. The molecule has 0 aromatic heterocycles. The van der Waals surface area contributed by atoms with Crippen LogP contribution in [0, 0.1) is 0 Å². The summed E-state index contributed by atoms with van der Waals surface area (Å²) in [6, 6.07) is 0.237. The second-order valence-electron chi connectivity index (χ2n) is 4.24. The average Bonchev–Trinajstić information content (AvgIpc) is 2.28. The van der Waals surface area contributed by atoms with Gasteiger partial charge in [0.1, 0.15) is 0 Å². The lowest BCUT2D eigenvalue weighted by Crippen LogP contribution is -2.58. The molecule has 1 saturated heterocycles. The normalized spacial score (nSPS) is 24.2. The second kappa shape index (κ2) is 6.83. The summed E-state index contributed by atoms with van der Waals surface area (Å²) in [6.45, 7) is 4.92. The van der Waals surface area contributed by atoms with Crippen molar-refractivity contribution in [3.8, 4) is 0 Å². The molecule has 0 aromatic carbocycles. The number of hydrogen-bond donors (Lipinski definition) is 2. The third-order valence-corrected chi connectivity index (χ3v) is 3.12. The van der Waals surface area contributed by atoms with Crippen LogP contribution < -0.4 is 11.1 Å². The summed E-state index contributed by atoms with van der Waals surface area (Å²) < 4.78 is 5.22. The molecule has 3 N–H and O–H groups in total. The van der Waals surface area contributed by atoms with E-state index >= 15 is 0 Å². The summed E-state index contributed by atoms with van der Waals surface area (Å²) in [6.07, 6.45) is 1.96. The molecular weight excluding hydrogens is 206 g/mol. The maximum absolute atomic E-state index is 11.6. The zero-order valence-electron chi connectivity index (χ0n) is 10.2. The van der Waals surface area contributed by atoms with E-state index < -0.39 is 0 Å². The largest absolute Gasteiger partial charge is 0.383 e. The summed E-state index contributed by atoms with van der Waals surface area (Å²) >= 11 is 0. The van der Waals surface area contributed by atoms with Gasteiger partial charge in [0.15, 0.2) is 0 Å². The van der Waals surface area contributed by atoms with Crippen LogP contribution in [-0.2, 0) is 9.53 Å². The van der Waals surface area contributed by atoms with Crippen molar-refractivity contribution >= 4 is 5.91 Å². The second-order valence-corrected chi connectivity index (χ2v) is 4.24. The zero-order chi connectivity index (χ0) is 12.0. The maximum atomic E-state index is 11.6. The average molecular weight is 229 g/mol. The molecule has 1 heterocycles. The molecule has 5 heteroatoms. The first-order chi connectivity index (χ1) is 7.70. The SMILES string of the molecule is COCC(CCCN)N1CCNC(=O)C1C. The quantitative estimate of drug-likeness (QED) is 0.648. The van der Waals surface area contributed by atoms with Gasteiger partial charge in [0, 0.05) is 26.2 Å². The van der Waals surface area contributed by atoms with Crippen molar-refractivity contribution in [3.05, 3.63) is 0 Å². The number of nitrogens with one attached hydrogen (secondary N) is 1. The molecule has 0 radical (unpaired) electrons. The summed E-state index contributed by atoms with van der Waals surface area (Å²) in [4.78, 5) is 13.8. The van der Waals surface area contributed by atoms with E-state index in [0.717, 1.165) is 25.9 Å². The Kier molecular flexibility index (Phi) is 5.73. The number of ether oxygens (including phenoxy) is 1. The first-order valence-electron chi connectivity index (χ1n) is 5.93. The molecular formula is C11H23N3O2. The molecule has 94 valence electrons. The Morgan fingerprint density at radius 3 is 3.06 bits per heavy atom. The van der Waals surface area contributed by atoms with Gasteiger partial charge >= 0.3 is 0 Å². The van der Waals surface area contributed by atoms with Crippen LogP contribution >= 0.6 is 0 Å². The van der Waals surface area contributed by atoms with Gasteiger partial charge in [-0.15, -0.1) is 0 Å². The fourth-order valence-electron chi connectivity index (χ4n) is 2.19. The fourth-order valence-corrected chi connectivity index (χ4v) is 2.19. The number of rotatable bonds is 6. The Morgan fingerprint density at radius 2 is 2.44 bits per heavy atom. The van der Waals surface area contributed by atoms with E-state index in [1.165, 1.54) is 0 Å². The van der Waals surface area contributed by atoms with Gasteiger partial charge in [0.05, 0.1) is 12.6 Å². The highest BCUT2D eigenvalue weighted by Gasteiger charge is 2.30. The first kappa shape index (κ1) is 13.4. The van der Waals surface area contributed by atoms with Crippen molar-refractivity contribution < 1.29 is 9.53 Å². The molecule has 1 aliphatic rings. The molecule has 0 bridgehead atoms. The number of nitrogens with two attached hydrogens (primary N) is 1. The van der Waals surface area contributed by atoms with E-state index in [1.54, 1.807) is 7.11 Å². The van der Waals surface area contributed by atoms with E-state index in [0.29, 0.717) is 19.2 Å². The summed E-state index contributed by atoms with van der Waals surface area (Å²) in [5.41, 5.74) is 5.53. The van der Waals surface area contributed by atoms with Gasteiger partial charge in [-0.1, -0.05) is 0 Å². The van der Waals surface area contributed by atoms with Crippen molar-refractivity contribution in [1.29, 1.82) is 0 Å². The molecule has 2 unspecified atom stereocenters. The standard InChI is InChI=1S/C11H23N3O2/c1-9-11(15)13-6-7-14(9)10(8-16-2)4-3-5-12/h9-10H,3-8,12H2,1-2H3,(H,13,15). The molecule has 0 spiro atoms. The van der Waals surface area contributed by atoms with Gasteiger partial charge in [-0.2, -0.15) is 0 Å². The van der Waals surface area contributed by atoms with Crippen LogP contribution in [0.2, 0.25) is 0 Å². The monoisotopic (exact) mass is 229 g/mol. The van der Waals surface area contributed by atoms with Crippen LogP contribution in [-0.4, -0.2) is 56.2 Å². The molecule has 1 rings (SSSR count). The Bertz CT molecular complexity index is 223. The van der Waals surface area contributed by atoms with Crippen molar-refractivity contribution in [1.82, 2.24) is 10.2 Å². The van der Waals surface area contributed by atoms with Crippen molar-refractivity contribution in [3.63, 3.8) is 0 Å². The third-order valence-electron chi connectivity index (χ3n) is 3.12. The predicted octanol–water partition coefficient (Wildman–Crippen LogP) is -0.439. The van der Waals surface area contributed by atoms with Crippen LogP contribution in [0.5, 0.6) is 0 Å². The van der Waals surface area contributed by atoms with Crippen LogP contribution in [0.3, 0.4) is 0 Å². The van der Waals surface area contributed by atoms with Gasteiger partial charge in [0.2, 0.25) is 5.91 Å². The Morgan fingerprint density at radius 1 is 1.69 bits per heavy atom. The highest BCUT2D eigenvalue weighted by atomic mass is 16.5. The Hall–Kier alpha value is -0.650. The molecule has 0 aromatic rings. The topological polar surface area (TPSA) is 67.6 Å². The molecule has 1 amide bonds. The van der Waals surface area contributed by atoms with Gasteiger partial charge in [-0.05, 0) is 26.3 Å². The maximum Gasteiger partial charge on any atom is 0.237 e. The first-order valence-corrected chi connectivity index (χ1v) is 5.93. The lowest BCUT2D eigenvalue weighted by atomic mass is 10.1. The van der Waals surface area contributed by atoms with Gasteiger partial charge < -0.3 is 15.8 Å². The number of hydrogen-bond acceptors (Lipinski definition) is 4. The lowest BCUT2D eigenvalue weighted by molar-refractivity contribution is -0.130. The molecule has 0 saturated carbocycles. The highest BCUT2D eigenvalue weighted by Crippen LogP contribution is 2.13. The zero-order valence-corrected chi connectivity index (χ0v) is 10.2. The summed E-state index contributed by atoms with van der Waals surface area (Å²) in [5.74, 6) is 0.111. The van der Waals surface area contributed by atoms with E-state index in [1.807, 2.05) is 6.92 Å². The van der Waals surface area contributed by atoms with Crippen LogP contribution in [0.1, 0.15) is 19.8 Å². The predicted molar refractivity (Wildman–Crippen MR) is 63.1 cm³/mol. The molecule has 1 fully saturated rings. The molecule has 1 aliphatic heterocycles. The minimum atomic E-state index is -0.0633. The fraction of sp³-hybridized carbons (Fsp3) is 0.909. The number of carbonyl (C=O) groups excluding carboxylic acids is 1. The van der Waals surface area contributed by atoms with Gasteiger partial charge in [-0.3, -0.25) is 9.69 Å². The Labute approximate surface area is 97.3 Å². The number of methoxy groups -OCH3 is 1. The minimum absolute atomic E-state index is 0.0633. The lowest BCUT2D eigenvalue weighted by Gasteiger charge is -2.38. The van der Waals surface area contributed by atoms with Crippen LogP contribution in [0.4, 0.5) is 0 Å². The molecule has 5 nitrogen and oxygen atoms in total.